The van der Waals surface area contributed by atoms with Gasteiger partial charge in [0.2, 0.25) is 0 Å². The number of unbranched alkanes of at least 4 members (excludes halogenated alkanes) is 6. The van der Waals surface area contributed by atoms with Crippen LogP contribution in [0.1, 0.15) is 105 Å². The molecule has 2 heterocycles. The summed E-state index contributed by atoms with van der Waals surface area (Å²) in [5.41, 5.74) is -3.75. The highest BCUT2D eigenvalue weighted by Gasteiger charge is 2.80. The quantitative estimate of drug-likeness (QED) is 0.130. The molecule has 0 saturated heterocycles. The third-order valence-corrected chi connectivity index (χ3v) is 8.85. The SMILES string of the molecule is CCCCCCc1sc(C=O)cc1C1=C(c2cc(C=O)sc2CCCCCC)C(F)(F)C(F)(F)C1(F)F. The van der Waals surface area contributed by atoms with Gasteiger partial charge in [0, 0.05) is 20.9 Å². The van der Waals surface area contributed by atoms with Crippen LogP contribution in [0.2, 0.25) is 0 Å². The highest BCUT2D eigenvalue weighted by molar-refractivity contribution is 7.14. The highest BCUT2D eigenvalue weighted by Crippen LogP contribution is 2.65. The average Bonchev–Trinajstić information content (AvgIpc) is 3.48. The van der Waals surface area contributed by atoms with Crippen LogP contribution in [-0.4, -0.2) is 30.3 Å². The zero-order valence-corrected chi connectivity index (χ0v) is 22.4. The number of hydrogen-bond acceptors (Lipinski definition) is 4. The van der Waals surface area contributed by atoms with Crippen LogP contribution >= 0.6 is 22.7 Å². The minimum absolute atomic E-state index is 0.000336. The van der Waals surface area contributed by atoms with E-state index in [9.17, 15) is 18.4 Å². The molecule has 1 aliphatic rings. The standard InChI is InChI=1S/C27H30F6O2S2/c1-3-5-7-9-11-21-19(13-17(15-34)36-21)23-24(26(30,31)27(32,33)25(23,28)29)20-14-18(16-35)37-22(20)12-10-8-6-4-2/h13-16H,3-12H2,1-2H3. The number of carbonyl (C=O) groups is 2. The van der Waals surface area contributed by atoms with Gasteiger partial charge in [-0.3, -0.25) is 9.59 Å². The lowest BCUT2D eigenvalue weighted by Crippen LogP contribution is -2.49. The molecule has 2 aromatic rings. The van der Waals surface area contributed by atoms with Gasteiger partial charge in [-0.25, -0.2) is 0 Å². The average molecular weight is 565 g/mol. The van der Waals surface area contributed by atoms with Crippen molar-refractivity contribution in [1.82, 2.24) is 0 Å². The summed E-state index contributed by atoms with van der Waals surface area (Å²) in [6.07, 6.45) is 7.32. The first kappa shape index (κ1) is 29.6. The molecule has 2 aromatic heterocycles. The lowest BCUT2D eigenvalue weighted by Gasteiger charge is -2.26. The third kappa shape index (κ3) is 5.46. The molecular weight excluding hydrogens is 534 g/mol. The molecule has 37 heavy (non-hydrogen) atoms. The Kier molecular flexibility index (Phi) is 9.48. The first-order chi connectivity index (χ1) is 17.5. The number of allylic oxidation sites excluding steroid dienone is 2. The largest absolute Gasteiger partial charge is 0.380 e. The van der Waals surface area contributed by atoms with Crippen molar-refractivity contribution < 1.29 is 35.9 Å². The first-order valence-corrected chi connectivity index (χ1v) is 14.2. The van der Waals surface area contributed by atoms with Gasteiger partial charge in [-0.2, -0.15) is 26.3 Å². The van der Waals surface area contributed by atoms with Crippen LogP contribution in [0.25, 0.3) is 11.1 Å². The van der Waals surface area contributed by atoms with Crippen LogP contribution in [0.3, 0.4) is 0 Å². The fourth-order valence-electron chi connectivity index (χ4n) is 4.67. The van der Waals surface area contributed by atoms with E-state index in [1.807, 2.05) is 13.8 Å². The summed E-state index contributed by atoms with van der Waals surface area (Å²) >= 11 is 1.71. The minimum atomic E-state index is -5.68. The predicted molar refractivity (Wildman–Crippen MR) is 137 cm³/mol. The molecule has 2 nitrogen and oxygen atoms in total. The molecule has 0 aliphatic heterocycles. The summed E-state index contributed by atoms with van der Waals surface area (Å²) < 4.78 is 91.2. The van der Waals surface area contributed by atoms with E-state index in [4.69, 9.17) is 0 Å². The predicted octanol–water partition coefficient (Wildman–Crippen LogP) is 9.51. The van der Waals surface area contributed by atoms with Gasteiger partial charge < -0.3 is 0 Å². The van der Waals surface area contributed by atoms with Crippen molar-refractivity contribution in [2.45, 2.75) is 95.8 Å². The van der Waals surface area contributed by atoms with E-state index in [1.165, 1.54) is 0 Å². The zero-order chi connectivity index (χ0) is 27.4. The fourth-order valence-corrected chi connectivity index (χ4v) is 6.72. The number of aldehydes is 2. The van der Waals surface area contributed by atoms with E-state index >= 15 is 17.6 Å². The van der Waals surface area contributed by atoms with Gasteiger partial charge in [-0.05, 0) is 48.9 Å². The van der Waals surface area contributed by atoms with Crippen LogP contribution < -0.4 is 0 Å². The topological polar surface area (TPSA) is 34.1 Å². The van der Waals surface area contributed by atoms with Crippen molar-refractivity contribution in [2.24, 2.45) is 0 Å². The normalized spacial score (nSPS) is 17.9. The van der Waals surface area contributed by atoms with Crippen LogP contribution in [0.5, 0.6) is 0 Å². The molecule has 0 unspecified atom stereocenters. The molecule has 0 amide bonds. The lowest BCUT2D eigenvalue weighted by atomic mass is 9.93. The van der Waals surface area contributed by atoms with Crippen LogP contribution in [0.4, 0.5) is 26.3 Å². The minimum Gasteiger partial charge on any atom is -0.297 e. The van der Waals surface area contributed by atoms with Crippen molar-refractivity contribution in [3.8, 4) is 0 Å². The van der Waals surface area contributed by atoms with Crippen molar-refractivity contribution in [3.63, 3.8) is 0 Å². The second-order valence-electron chi connectivity index (χ2n) is 9.30. The Labute approximate surface area is 220 Å². The molecule has 0 atom stereocenters. The van der Waals surface area contributed by atoms with Crippen LogP contribution in [-0.2, 0) is 12.8 Å². The van der Waals surface area contributed by atoms with E-state index in [0.29, 0.717) is 25.4 Å². The van der Waals surface area contributed by atoms with Crippen molar-refractivity contribution in [2.75, 3.05) is 0 Å². The summed E-state index contributed by atoms with van der Waals surface area (Å²) in [6, 6.07) is 2.03. The fraction of sp³-hybridized carbons (Fsp3) is 0.556. The Morgan fingerprint density at radius 2 is 1.03 bits per heavy atom. The first-order valence-electron chi connectivity index (χ1n) is 12.5. The maximum Gasteiger partial charge on any atom is 0.380 e. The van der Waals surface area contributed by atoms with E-state index in [1.54, 1.807) is 0 Å². The molecule has 1 aliphatic carbocycles. The number of carbonyl (C=O) groups excluding carboxylic acids is 2. The lowest BCUT2D eigenvalue weighted by molar-refractivity contribution is -0.254. The van der Waals surface area contributed by atoms with Crippen molar-refractivity contribution in [1.29, 1.82) is 0 Å². The van der Waals surface area contributed by atoms with Crippen LogP contribution in [0.15, 0.2) is 12.1 Å². The molecule has 0 spiro atoms. The molecule has 204 valence electrons. The Bertz CT molecular complexity index is 1060. The molecule has 0 saturated carbocycles. The molecule has 0 aromatic carbocycles. The van der Waals surface area contributed by atoms with Crippen LogP contribution in [0, 0.1) is 0 Å². The monoisotopic (exact) mass is 564 g/mol. The van der Waals surface area contributed by atoms with Crippen molar-refractivity contribution >= 4 is 46.4 Å². The van der Waals surface area contributed by atoms with E-state index in [-0.39, 0.29) is 32.4 Å². The summed E-state index contributed by atoms with van der Waals surface area (Å²) in [5.74, 6) is -16.1. The Morgan fingerprint density at radius 3 is 1.35 bits per heavy atom. The number of halogens is 6. The summed E-state index contributed by atoms with van der Waals surface area (Å²) in [6.45, 7) is 3.96. The number of hydrogen-bond donors (Lipinski definition) is 0. The Hall–Kier alpha value is -1.94. The molecule has 0 radical (unpaired) electrons. The molecule has 0 bridgehead atoms. The van der Waals surface area contributed by atoms with Gasteiger partial charge in [0.25, 0.3) is 0 Å². The number of thiophene rings is 2. The van der Waals surface area contributed by atoms with Gasteiger partial charge in [-0.1, -0.05) is 52.4 Å². The molecule has 10 heteroatoms. The summed E-state index contributed by atoms with van der Waals surface area (Å²) in [7, 11) is 0. The van der Waals surface area contributed by atoms with Gasteiger partial charge in [-0.15, -0.1) is 22.7 Å². The summed E-state index contributed by atoms with van der Waals surface area (Å²) in [5, 5.41) is 0. The Morgan fingerprint density at radius 1 is 0.649 bits per heavy atom. The summed E-state index contributed by atoms with van der Waals surface area (Å²) in [4.78, 5) is 23.4. The Balaban J connectivity index is 2.26. The van der Waals surface area contributed by atoms with E-state index < -0.39 is 40.0 Å². The van der Waals surface area contributed by atoms with Gasteiger partial charge in [0.15, 0.2) is 12.6 Å². The molecule has 3 rings (SSSR count). The van der Waals surface area contributed by atoms with E-state index in [0.717, 1.165) is 73.3 Å². The molecule has 0 N–H and O–H groups in total. The van der Waals surface area contributed by atoms with Gasteiger partial charge in [0.05, 0.1) is 9.75 Å². The van der Waals surface area contributed by atoms with Gasteiger partial charge >= 0.3 is 17.8 Å². The second-order valence-corrected chi connectivity index (χ2v) is 11.6. The van der Waals surface area contributed by atoms with Crippen molar-refractivity contribution in [3.05, 3.63) is 42.8 Å². The number of alkyl halides is 6. The van der Waals surface area contributed by atoms with E-state index in [2.05, 4.69) is 0 Å². The molecular formula is C27H30F6O2S2. The third-order valence-electron chi connectivity index (χ3n) is 6.61. The maximum atomic E-state index is 15.4. The smallest absolute Gasteiger partial charge is 0.297 e. The highest BCUT2D eigenvalue weighted by atomic mass is 32.1. The zero-order valence-electron chi connectivity index (χ0n) is 20.8. The number of rotatable bonds is 14. The molecule has 0 fully saturated rings. The van der Waals surface area contributed by atoms with Gasteiger partial charge in [0.1, 0.15) is 0 Å². The maximum absolute atomic E-state index is 15.4. The second kappa shape index (κ2) is 11.8. The number of aryl methyl sites for hydroxylation is 2.